The summed E-state index contributed by atoms with van der Waals surface area (Å²) in [6, 6.07) is 0. The first-order valence-corrected chi connectivity index (χ1v) is 6.25. The molecular weight excluding hydrogens is 284 g/mol. The first-order chi connectivity index (χ1) is 7.73. The highest BCUT2D eigenvalue weighted by atomic mass is 32.2. The van der Waals surface area contributed by atoms with Crippen LogP contribution in [-0.4, -0.2) is 13.4 Å². The molecule has 0 amide bonds. The number of fused-ring (bicyclic) bond motifs is 1. The number of nitrogens with two attached hydrogens (primary N) is 1. The van der Waals surface area contributed by atoms with Gasteiger partial charge in [-0.25, -0.2) is 36.1 Å². The van der Waals surface area contributed by atoms with Gasteiger partial charge >= 0.3 is 0 Å². The Morgan fingerprint density at radius 3 is 2.06 bits per heavy atom. The van der Waals surface area contributed by atoms with Crippen molar-refractivity contribution in [1.82, 2.24) is 4.98 Å². The zero-order valence-corrected chi connectivity index (χ0v) is 9.30. The van der Waals surface area contributed by atoms with Crippen LogP contribution in [0.4, 0.5) is 17.6 Å². The van der Waals surface area contributed by atoms with E-state index in [0.29, 0.717) is 0 Å². The van der Waals surface area contributed by atoms with Crippen molar-refractivity contribution in [3.63, 3.8) is 0 Å². The molecule has 1 heterocycles. The Labute approximate surface area is 95.7 Å². The molecule has 0 aliphatic carbocycles. The summed E-state index contributed by atoms with van der Waals surface area (Å²) >= 11 is 0.122. The first-order valence-electron chi connectivity index (χ1n) is 3.88. The molecule has 0 radical (unpaired) electrons. The second kappa shape index (κ2) is 3.62. The van der Waals surface area contributed by atoms with Crippen molar-refractivity contribution in [3.05, 3.63) is 23.3 Å². The van der Waals surface area contributed by atoms with Gasteiger partial charge in [0.1, 0.15) is 5.52 Å². The number of benzene rings is 1. The fourth-order valence-electron chi connectivity index (χ4n) is 1.12. The zero-order valence-electron chi connectivity index (χ0n) is 7.67. The van der Waals surface area contributed by atoms with Gasteiger partial charge in [-0.1, -0.05) is 11.3 Å². The van der Waals surface area contributed by atoms with Crippen molar-refractivity contribution in [1.29, 1.82) is 0 Å². The van der Waals surface area contributed by atoms with Crippen LogP contribution in [0.3, 0.4) is 0 Å². The van der Waals surface area contributed by atoms with E-state index in [-0.39, 0.29) is 11.3 Å². The smallest absolute Gasteiger partial charge is 0.223 e. The van der Waals surface area contributed by atoms with Crippen LogP contribution in [0.5, 0.6) is 0 Å². The molecule has 0 bridgehead atoms. The Morgan fingerprint density at radius 1 is 1.00 bits per heavy atom. The molecule has 10 heteroatoms. The summed E-state index contributed by atoms with van der Waals surface area (Å²) in [6.07, 6.45) is 0. The number of sulfonamides is 1. The normalized spacial score (nSPS) is 12.3. The van der Waals surface area contributed by atoms with E-state index < -0.39 is 47.8 Å². The number of rotatable bonds is 1. The summed E-state index contributed by atoms with van der Waals surface area (Å²) in [5, 5.41) is 4.68. The molecule has 2 rings (SSSR count). The van der Waals surface area contributed by atoms with Gasteiger partial charge < -0.3 is 0 Å². The lowest BCUT2D eigenvalue weighted by molar-refractivity contribution is 0.418. The van der Waals surface area contributed by atoms with Crippen molar-refractivity contribution < 1.29 is 26.0 Å². The van der Waals surface area contributed by atoms with E-state index in [0.717, 1.165) is 0 Å². The lowest BCUT2D eigenvalue weighted by atomic mass is 10.3. The lowest BCUT2D eigenvalue weighted by Gasteiger charge is -1.97. The maximum absolute atomic E-state index is 13.2. The van der Waals surface area contributed by atoms with Gasteiger partial charge in [0.05, 0.1) is 4.70 Å². The number of primary sulfonamides is 1. The molecule has 0 aliphatic rings. The van der Waals surface area contributed by atoms with Crippen LogP contribution in [0.25, 0.3) is 10.2 Å². The molecule has 0 atom stereocenters. The zero-order chi connectivity index (χ0) is 13.0. The molecule has 92 valence electrons. The molecule has 1 aromatic heterocycles. The maximum atomic E-state index is 13.2. The highest BCUT2D eigenvalue weighted by Gasteiger charge is 2.26. The highest BCUT2D eigenvalue weighted by molar-refractivity contribution is 7.91. The van der Waals surface area contributed by atoms with Crippen LogP contribution in [0.2, 0.25) is 0 Å². The van der Waals surface area contributed by atoms with Gasteiger partial charge in [-0.15, -0.1) is 0 Å². The predicted molar refractivity (Wildman–Crippen MR) is 50.8 cm³/mol. The molecule has 0 unspecified atom stereocenters. The average molecular weight is 286 g/mol. The van der Waals surface area contributed by atoms with E-state index in [1.807, 2.05) is 0 Å². The van der Waals surface area contributed by atoms with Gasteiger partial charge in [0.2, 0.25) is 4.34 Å². The average Bonchev–Trinajstić information content (AvgIpc) is 2.67. The Kier molecular flexibility index (Phi) is 2.60. The van der Waals surface area contributed by atoms with Gasteiger partial charge in [0, 0.05) is 0 Å². The molecule has 2 N–H and O–H groups in total. The summed E-state index contributed by atoms with van der Waals surface area (Å²) in [7, 11) is -4.29. The van der Waals surface area contributed by atoms with Crippen LogP contribution in [0.15, 0.2) is 4.34 Å². The van der Waals surface area contributed by atoms with E-state index in [9.17, 15) is 26.0 Å². The van der Waals surface area contributed by atoms with Gasteiger partial charge in [0.15, 0.2) is 23.3 Å². The number of nitrogens with zero attached hydrogens (tertiary/aromatic N) is 1. The molecule has 4 nitrogen and oxygen atoms in total. The third-order valence-corrected chi connectivity index (χ3v) is 4.20. The van der Waals surface area contributed by atoms with Crippen LogP contribution in [0, 0.1) is 23.3 Å². The lowest BCUT2D eigenvalue weighted by Crippen LogP contribution is -2.11. The molecular formula is C7H2F4N2O2S2. The molecule has 0 saturated heterocycles. The van der Waals surface area contributed by atoms with Crippen LogP contribution in [-0.2, 0) is 10.0 Å². The van der Waals surface area contributed by atoms with Crippen molar-refractivity contribution in [2.24, 2.45) is 5.14 Å². The van der Waals surface area contributed by atoms with Crippen molar-refractivity contribution in [3.8, 4) is 0 Å². The monoisotopic (exact) mass is 286 g/mol. The van der Waals surface area contributed by atoms with E-state index >= 15 is 0 Å². The van der Waals surface area contributed by atoms with Crippen LogP contribution >= 0.6 is 11.3 Å². The Morgan fingerprint density at radius 2 is 1.53 bits per heavy atom. The molecule has 17 heavy (non-hydrogen) atoms. The van der Waals surface area contributed by atoms with Gasteiger partial charge in [-0.05, 0) is 0 Å². The van der Waals surface area contributed by atoms with Crippen LogP contribution in [0.1, 0.15) is 0 Å². The molecule has 2 aromatic rings. The summed E-state index contributed by atoms with van der Waals surface area (Å²) < 4.78 is 72.2. The van der Waals surface area contributed by atoms with Gasteiger partial charge in [-0.2, -0.15) is 0 Å². The molecule has 0 aliphatic heterocycles. The predicted octanol–water partition coefficient (Wildman–Crippen LogP) is 1.50. The van der Waals surface area contributed by atoms with Crippen LogP contribution < -0.4 is 5.14 Å². The Bertz CT molecular complexity index is 680. The molecule has 0 spiro atoms. The Balaban J connectivity index is 2.96. The number of thiazole rings is 1. The Hall–Kier alpha value is -1.26. The summed E-state index contributed by atoms with van der Waals surface area (Å²) in [4.78, 5) is 3.13. The fraction of sp³-hybridized carbons (Fsp3) is 0. The largest absolute Gasteiger partial charge is 0.265 e. The number of aromatic nitrogens is 1. The summed E-state index contributed by atoms with van der Waals surface area (Å²) in [6.45, 7) is 0. The third kappa shape index (κ3) is 1.77. The summed E-state index contributed by atoms with van der Waals surface area (Å²) in [5.74, 6) is -7.54. The van der Waals surface area contributed by atoms with Crippen molar-refractivity contribution >= 4 is 31.6 Å². The molecule has 1 aromatic carbocycles. The van der Waals surface area contributed by atoms with Gasteiger partial charge in [0.25, 0.3) is 10.0 Å². The fourth-order valence-corrected chi connectivity index (χ4v) is 2.77. The highest BCUT2D eigenvalue weighted by Crippen LogP contribution is 2.32. The molecule has 0 fully saturated rings. The van der Waals surface area contributed by atoms with E-state index in [2.05, 4.69) is 10.1 Å². The second-order valence-electron chi connectivity index (χ2n) is 2.96. The first kappa shape index (κ1) is 12.2. The third-order valence-electron chi connectivity index (χ3n) is 1.84. The van der Waals surface area contributed by atoms with E-state index in [1.165, 1.54) is 0 Å². The molecule has 0 saturated carbocycles. The number of halogens is 4. The minimum Gasteiger partial charge on any atom is -0.223 e. The summed E-state index contributed by atoms with van der Waals surface area (Å²) in [5.41, 5.74) is -0.907. The van der Waals surface area contributed by atoms with Gasteiger partial charge in [-0.3, -0.25) is 0 Å². The number of hydrogen-bond donors (Lipinski definition) is 1. The number of hydrogen-bond acceptors (Lipinski definition) is 4. The topological polar surface area (TPSA) is 73.1 Å². The SMILES string of the molecule is NS(=O)(=O)c1nc2c(F)c(F)c(F)c(F)c2s1. The quantitative estimate of drug-likeness (QED) is 0.490. The minimum absolute atomic E-state index is 0.122. The van der Waals surface area contributed by atoms with E-state index in [1.54, 1.807) is 0 Å². The maximum Gasteiger partial charge on any atom is 0.265 e. The van der Waals surface area contributed by atoms with Crippen molar-refractivity contribution in [2.75, 3.05) is 0 Å². The van der Waals surface area contributed by atoms with E-state index in [4.69, 9.17) is 0 Å². The second-order valence-corrected chi connectivity index (χ2v) is 5.69. The van der Waals surface area contributed by atoms with Crippen molar-refractivity contribution in [2.45, 2.75) is 4.34 Å². The minimum atomic E-state index is -4.29. The standard InChI is InChI=1S/C7H2F4N2O2S2/c8-1-2(9)4(11)6-5(3(1)10)13-7(16-6)17(12,14)15/h(H2,12,14,15).